The predicted molar refractivity (Wildman–Crippen MR) is 71.7 cm³/mol. The van der Waals surface area contributed by atoms with Crippen LogP contribution in [-0.2, 0) is 10.0 Å². The largest absolute Gasteiger partial charge is 0.398 e. The van der Waals surface area contributed by atoms with Crippen molar-refractivity contribution in [3.63, 3.8) is 0 Å². The minimum absolute atomic E-state index is 0.102. The van der Waals surface area contributed by atoms with Crippen LogP contribution in [0.2, 0.25) is 0 Å². The molecule has 18 heavy (non-hydrogen) atoms. The zero-order chi connectivity index (χ0) is 13.8. The maximum Gasteiger partial charge on any atom is 0.243 e. The second-order valence-electron chi connectivity index (χ2n) is 4.10. The van der Waals surface area contributed by atoms with Crippen molar-refractivity contribution < 1.29 is 13.5 Å². The zero-order valence-corrected chi connectivity index (χ0v) is 11.6. The molecule has 1 rings (SSSR count). The van der Waals surface area contributed by atoms with Crippen LogP contribution in [0.15, 0.2) is 23.1 Å². The van der Waals surface area contributed by atoms with E-state index in [9.17, 15) is 8.42 Å². The van der Waals surface area contributed by atoms with Crippen LogP contribution in [0.3, 0.4) is 0 Å². The molecule has 3 N–H and O–H groups in total. The Labute approximate surface area is 108 Å². The van der Waals surface area contributed by atoms with Crippen LogP contribution in [0.1, 0.15) is 18.9 Å². The minimum Gasteiger partial charge on any atom is -0.398 e. The third-order valence-corrected chi connectivity index (χ3v) is 4.81. The summed E-state index contributed by atoms with van der Waals surface area (Å²) in [6, 6.07) is 4.84. The summed E-state index contributed by atoms with van der Waals surface area (Å²) in [7, 11) is -3.59. The van der Waals surface area contributed by atoms with Gasteiger partial charge in [-0.1, -0.05) is 13.0 Å². The van der Waals surface area contributed by atoms with E-state index in [1.165, 1.54) is 4.31 Å². The van der Waals surface area contributed by atoms with Crippen LogP contribution in [-0.4, -0.2) is 37.5 Å². The van der Waals surface area contributed by atoms with E-state index in [0.717, 1.165) is 0 Å². The molecule has 0 aromatic heterocycles. The molecule has 0 fully saturated rings. The topological polar surface area (TPSA) is 83.6 Å². The van der Waals surface area contributed by atoms with Crippen LogP contribution in [0.4, 0.5) is 5.69 Å². The Balaban J connectivity index is 3.22. The van der Waals surface area contributed by atoms with Gasteiger partial charge < -0.3 is 10.8 Å². The van der Waals surface area contributed by atoms with Gasteiger partial charge in [-0.3, -0.25) is 0 Å². The van der Waals surface area contributed by atoms with E-state index in [0.29, 0.717) is 24.2 Å². The highest BCUT2D eigenvalue weighted by Gasteiger charge is 2.25. The molecule has 1 aromatic rings. The molecule has 0 radical (unpaired) electrons. The quantitative estimate of drug-likeness (QED) is 0.756. The van der Waals surface area contributed by atoms with E-state index >= 15 is 0 Å². The molecular weight excluding hydrogens is 252 g/mol. The van der Waals surface area contributed by atoms with Gasteiger partial charge in [0.25, 0.3) is 0 Å². The number of aliphatic hydroxyl groups excluding tert-OH is 1. The van der Waals surface area contributed by atoms with Crippen LogP contribution in [0.5, 0.6) is 0 Å². The molecule has 0 atom stereocenters. The first kappa shape index (κ1) is 14.9. The van der Waals surface area contributed by atoms with Gasteiger partial charge in [0.1, 0.15) is 0 Å². The highest BCUT2D eigenvalue weighted by molar-refractivity contribution is 7.89. The summed E-state index contributed by atoms with van der Waals surface area (Å²) < 4.78 is 26.2. The van der Waals surface area contributed by atoms with Crippen LogP contribution in [0, 0.1) is 6.92 Å². The van der Waals surface area contributed by atoms with Gasteiger partial charge in [0.05, 0.1) is 11.5 Å². The summed E-state index contributed by atoms with van der Waals surface area (Å²) in [4.78, 5) is 0.212. The second kappa shape index (κ2) is 6.17. The number of nitrogens with zero attached hydrogens (tertiary/aromatic N) is 1. The van der Waals surface area contributed by atoms with E-state index in [2.05, 4.69) is 0 Å². The Kier molecular flexibility index (Phi) is 5.13. The average molecular weight is 272 g/mol. The molecule has 0 saturated carbocycles. The number of nitrogens with two attached hydrogens (primary N) is 1. The number of nitrogen functional groups attached to an aromatic ring is 1. The van der Waals surface area contributed by atoms with Crippen molar-refractivity contribution in [2.75, 3.05) is 25.4 Å². The first-order chi connectivity index (χ1) is 8.45. The summed E-state index contributed by atoms with van der Waals surface area (Å²) in [5.74, 6) is 0. The summed E-state index contributed by atoms with van der Waals surface area (Å²) >= 11 is 0. The SMILES string of the molecule is CCCN(CCO)S(=O)(=O)c1cccc(N)c1C. The fraction of sp³-hybridized carbons (Fsp3) is 0.500. The van der Waals surface area contributed by atoms with Crippen molar-refractivity contribution >= 4 is 15.7 Å². The number of rotatable bonds is 6. The smallest absolute Gasteiger partial charge is 0.243 e. The van der Waals surface area contributed by atoms with Gasteiger partial charge in [-0.2, -0.15) is 4.31 Å². The van der Waals surface area contributed by atoms with Gasteiger partial charge in [0, 0.05) is 18.8 Å². The molecule has 0 saturated heterocycles. The lowest BCUT2D eigenvalue weighted by atomic mass is 10.2. The van der Waals surface area contributed by atoms with Crippen LogP contribution < -0.4 is 5.73 Å². The van der Waals surface area contributed by atoms with E-state index in [1.807, 2.05) is 6.92 Å². The first-order valence-corrected chi connectivity index (χ1v) is 7.35. The standard InChI is InChI=1S/C12H20N2O3S/c1-3-7-14(8-9-15)18(16,17)12-6-4-5-11(13)10(12)2/h4-6,15H,3,7-9,13H2,1-2H3. The summed E-state index contributed by atoms with van der Waals surface area (Å²) in [6.45, 7) is 3.87. The molecule has 0 spiro atoms. The molecule has 5 nitrogen and oxygen atoms in total. The lowest BCUT2D eigenvalue weighted by Crippen LogP contribution is -2.34. The number of sulfonamides is 1. The highest BCUT2D eigenvalue weighted by atomic mass is 32.2. The van der Waals surface area contributed by atoms with Crippen LogP contribution in [0.25, 0.3) is 0 Å². The predicted octanol–water partition coefficient (Wildman–Crippen LogP) is 0.970. The van der Waals surface area contributed by atoms with E-state index in [4.69, 9.17) is 10.8 Å². The minimum atomic E-state index is -3.59. The van der Waals surface area contributed by atoms with Crippen molar-refractivity contribution in [3.05, 3.63) is 23.8 Å². The Morgan fingerprint density at radius 2 is 2.00 bits per heavy atom. The lowest BCUT2D eigenvalue weighted by molar-refractivity contribution is 0.253. The Morgan fingerprint density at radius 3 is 2.56 bits per heavy atom. The van der Waals surface area contributed by atoms with Gasteiger partial charge in [0.2, 0.25) is 10.0 Å². The molecule has 0 amide bonds. The second-order valence-corrected chi connectivity index (χ2v) is 6.00. The van der Waals surface area contributed by atoms with Crippen molar-refractivity contribution in [2.24, 2.45) is 0 Å². The van der Waals surface area contributed by atoms with Crippen molar-refractivity contribution in [2.45, 2.75) is 25.2 Å². The van der Waals surface area contributed by atoms with Gasteiger partial charge in [-0.15, -0.1) is 0 Å². The van der Waals surface area contributed by atoms with Gasteiger partial charge in [-0.05, 0) is 31.0 Å². The van der Waals surface area contributed by atoms with Gasteiger partial charge in [-0.25, -0.2) is 8.42 Å². The summed E-state index contributed by atoms with van der Waals surface area (Å²) in [5.41, 5.74) is 6.74. The van der Waals surface area contributed by atoms with Crippen molar-refractivity contribution in [1.82, 2.24) is 4.31 Å². The Hall–Kier alpha value is -1.11. The van der Waals surface area contributed by atoms with Gasteiger partial charge in [0.15, 0.2) is 0 Å². The fourth-order valence-corrected chi connectivity index (χ4v) is 3.54. The maximum absolute atomic E-state index is 12.4. The molecule has 0 aliphatic heterocycles. The average Bonchev–Trinajstić information content (AvgIpc) is 2.32. The summed E-state index contributed by atoms with van der Waals surface area (Å²) in [6.07, 6.45) is 0.695. The fourth-order valence-electron chi connectivity index (χ4n) is 1.76. The number of anilines is 1. The van der Waals surface area contributed by atoms with Crippen LogP contribution >= 0.6 is 0 Å². The third-order valence-electron chi connectivity index (χ3n) is 2.77. The monoisotopic (exact) mass is 272 g/mol. The molecule has 0 aliphatic rings. The van der Waals surface area contributed by atoms with Crippen molar-refractivity contribution in [3.8, 4) is 0 Å². The zero-order valence-electron chi connectivity index (χ0n) is 10.8. The molecule has 0 aliphatic carbocycles. The van der Waals surface area contributed by atoms with E-state index < -0.39 is 10.0 Å². The molecular formula is C12H20N2O3S. The Bertz CT molecular complexity index is 494. The summed E-state index contributed by atoms with van der Waals surface area (Å²) in [5, 5.41) is 8.97. The molecule has 0 heterocycles. The molecule has 1 aromatic carbocycles. The van der Waals surface area contributed by atoms with Gasteiger partial charge >= 0.3 is 0 Å². The normalized spacial score (nSPS) is 12.0. The number of aliphatic hydroxyl groups is 1. The lowest BCUT2D eigenvalue weighted by Gasteiger charge is -2.22. The maximum atomic E-state index is 12.4. The Morgan fingerprint density at radius 1 is 1.33 bits per heavy atom. The van der Waals surface area contributed by atoms with Crippen molar-refractivity contribution in [1.29, 1.82) is 0 Å². The number of hydrogen-bond acceptors (Lipinski definition) is 4. The van der Waals surface area contributed by atoms with E-state index in [-0.39, 0.29) is 18.0 Å². The molecule has 102 valence electrons. The third kappa shape index (κ3) is 3.01. The van der Waals surface area contributed by atoms with E-state index in [1.54, 1.807) is 25.1 Å². The number of hydrogen-bond donors (Lipinski definition) is 2. The molecule has 0 bridgehead atoms. The first-order valence-electron chi connectivity index (χ1n) is 5.91. The number of benzene rings is 1. The highest BCUT2D eigenvalue weighted by Crippen LogP contribution is 2.23. The molecule has 6 heteroatoms. The molecule has 0 unspecified atom stereocenters.